The van der Waals surface area contributed by atoms with Crippen molar-refractivity contribution in [2.45, 2.75) is 20.5 Å². The summed E-state index contributed by atoms with van der Waals surface area (Å²) >= 11 is 0. The number of nitrogens with one attached hydrogen (secondary N) is 1. The van der Waals surface area contributed by atoms with Crippen molar-refractivity contribution in [2.24, 2.45) is 5.41 Å². The van der Waals surface area contributed by atoms with Crippen molar-refractivity contribution in [3.8, 4) is 11.8 Å². The summed E-state index contributed by atoms with van der Waals surface area (Å²) in [6.45, 7) is 3.87. The molecular weight excluding hydrogens is 258 g/mol. The van der Waals surface area contributed by atoms with Gasteiger partial charge in [0.1, 0.15) is 6.61 Å². The normalized spacial score (nSPS) is 10.1. The minimum atomic E-state index is -1.19. The van der Waals surface area contributed by atoms with Gasteiger partial charge in [-0.3, -0.25) is 0 Å². The number of hydrogen-bond donors (Lipinski definition) is 2. The summed E-state index contributed by atoms with van der Waals surface area (Å²) in [5.41, 5.74) is 0.261. The zero-order valence-electron chi connectivity index (χ0n) is 11.5. The Morgan fingerprint density at radius 2 is 1.95 bits per heavy atom. The third-order valence-electron chi connectivity index (χ3n) is 2.40. The van der Waals surface area contributed by atoms with Crippen LogP contribution in [0.15, 0.2) is 30.3 Å². The van der Waals surface area contributed by atoms with E-state index in [0.717, 1.165) is 5.56 Å². The third kappa shape index (κ3) is 6.45. The van der Waals surface area contributed by atoms with Crippen LogP contribution >= 0.6 is 0 Å². The number of aliphatic carboxylic acids is 1. The summed E-state index contributed by atoms with van der Waals surface area (Å²) in [5, 5.41) is 11.0. The second-order valence-corrected chi connectivity index (χ2v) is 4.85. The Morgan fingerprint density at radius 3 is 2.55 bits per heavy atom. The van der Waals surface area contributed by atoms with Crippen molar-refractivity contribution in [3.63, 3.8) is 0 Å². The van der Waals surface area contributed by atoms with E-state index in [2.05, 4.69) is 11.2 Å². The van der Waals surface area contributed by atoms with Crippen molar-refractivity contribution in [2.75, 3.05) is 6.54 Å². The predicted octanol–water partition coefficient (Wildman–Crippen LogP) is 2.03. The molecule has 2 N–H and O–H groups in total. The van der Waals surface area contributed by atoms with Gasteiger partial charge in [-0.25, -0.2) is 9.59 Å². The molecule has 0 aliphatic carbocycles. The molecule has 1 amide bonds. The van der Waals surface area contributed by atoms with Gasteiger partial charge in [0.05, 0.1) is 0 Å². The number of carboxylic acid groups (broad SMARTS) is 1. The Hall–Kier alpha value is -2.48. The molecule has 20 heavy (non-hydrogen) atoms. The summed E-state index contributed by atoms with van der Waals surface area (Å²) in [5.74, 6) is 3.42. The standard InChI is InChI=1S/C15H17NO4/c1-15(2,9-8-13(17)18)11-16-14(19)20-10-12-6-4-3-5-7-12/h3-7H,10-11H2,1-2H3,(H,16,19)(H,17,18). The number of benzene rings is 1. The molecule has 0 spiro atoms. The van der Waals surface area contributed by atoms with Gasteiger partial charge in [0, 0.05) is 17.9 Å². The number of hydrogen-bond acceptors (Lipinski definition) is 3. The van der Waals surface area contributed by atoms with Crippen LogP contribution in [0.25, 0.3) is 0 Å². The molecule has 1 aromatic carbocycles. The molecule has 0 atom stereocenters. The molecule has 0 radical (unpaired) electrons. The fourth-order valence-corrected chi connectivity index (χ4v) is 1.33. The molecular formula is C15H17NO4. The first kappa shape index (κ1) is 15.6. The highest BCUT2D eigenvalue weighted by Gasteiger charge is 2.16. The van der Waals surface area contributed by atoms with E-state index in [4.69, 9.17) is 9.84 Å². The molecule has 0 saturated heterocycles. The minimum absolute atomic E-state index is 0.188. The third-order valence-corrected chi connectivity index (χ3v) is 2.40. The van der Waals surface area contributed by atoms with E-state index in [1.54, 1.807) is 13.8 Å². The maximum Gasteiger partial charge on any atom is 0.407 e. The summed E-state index contributed by atoms with van der Waals surface area (Å²) in [7, 11) is 0. The van der Waals surface area contributed by atoms with Crippen molar-refractivity contribution in [1.29, 1.82) is 0 Å². The van der Waals surface area contributed by atoms with Gasteiger partial charge in [0.2, 0.25) is 0 Å². The van der Waals surface area contributed by atoms with Crippen LogP contribution in [0.3, 0.4) is 0 Å². The fourth-order valence-electron chi connectivity index (χ4n) is 1.33. The number of ether oxygens (including phenoxy) is 1. The lowest BCUT2D eigenvalue weighted by atomic mass is 9.94. The van der Waals surface area contributed by atoms with Crippen LogP contribution in [-0.4, -0.2) is 23.7 Å². The van der Waals surface area contributed by atoms with Crippen LogP contribution in [0.1, 0.15) is 19.4 Å². The topological polar surface area (TPSA) is 75.6 Å². The maximum atomic E-state index is 11.5. The monoisotopic (exact) mass is 275 g/mol. The smallest absolute Gasteiger partial charge is 0.407 e. The average Bonchev–Trinajstić information content (AvgIpc) is 2.42. The lowest BCUT2D eigenvalue weighted by Crippen LogP contribution is -2.33. The van der Waals surface area contributed by atoms with Gasteiger partial charge < -0.3 is 15.2 Å². The zero-order chi connectivity index (χ0) is 15.0. The van der Waals surface area contributed by atoms with E-state index in [1.807, 2.05) is 36.3 Å². The van der Waals surface area contributed by atoms with Gasteiger partial charge in [-0.05, 0) is 19.4 Å². The van der Waals surface area contributed by atoms with Crippen LogP contribution in [-0.2, 0) is 16.1 Å². The quantitative estimate of drug-likeness (QED) is 0.824. The lowest BCUT2D eigenvalue weighted by Gasteiger charge is -2.17. The van der Waals surface area contributed by atoms with E-state index in [-0.39, 0.29) is 13.2 Å². The number of amides is 1. The molecule has 0 saturated carbocycles. The van der Waals surface area contributed by atoms with Gasteiger partial charge in [0.15, 0.2) is 0 Å². The van der Waals surface area contributed by atoms with E-state index in [9.17, 15) is 9.59 Å². The van der Waals surface area contributed by atoms with Crippen LogP contribution < -0.4 is 5.32 Å². The summed E-state index contributed by atoms with van der Waals surface area (Å²) in [6, 6.07) is 9.32. The number of carbonyl (C=O) groups excluding carboxylic acids is 1. The maximum absolute atomic E-state index is 11.5. The van der Waals surface area contributed by atoms with Gasteiger partial charge in [-0.2, -0.15) is 0 Å². The van der Waals surface area contributed by atoms with Crippen molar-refractivity contribution < 1.29 is 19.4 Å². The molecule has 0 heterocycles. The summed E-state index contributed by atoms with van der Waals surface area (Å²) in [4.78, 5) is 21.9. The highest BCUT2D eigenvalue weighted by atomic mass is 16.5. The predicted molar refractivity (Wildman–Crippen MR) is 73.8 cm³/mol. The molecule has 0 aliphatic heterocycles. The Kier molecular flexibility index (Phi) is 5.60. The number of carbonyl (C=O) groups is 2. The van der Waals surface area contributed by atoms with Crippen molar-refractivity contribution in [3.05, 3.63) is 35.9 Å². The summed E-state index contributed by atoms with van der Waals surface area (Å²) < 4.78 is 5.03. The molecule has 5 heteroatoms. The van der Waals surface area contributed by atoms with E-state index >= 15 is 0 Å². The molecule has 0 bridgehead atoms. The molecule has 1 rings (SSSR count). The van der Waals surface area contributed by atoms with Gasteiger partial charge in [0.25, 0.3) is 0 Å². The number of alkyl carbamates (subject to hydrolysis) is 1. The SMILES string of the molecule is CC(C)(C#CC(=O)O)CNC(=O)OCc1ccccc1. The second kappa shape index (κ2) is 7.19. The van der Waals surface area contributed by atoms with Crippen LogP contribution in [0.5, 0.6) is 0 Å². The first-order valence-electron chi connectivity index (χ1n) is 6.10. The number of carboxylic acids is 1. The second-order valence-electron chi connectivity index (χ2n) is 4.85. The van der Waals surface area contributed by atoms with Crippen LogP contribution in [0.4, 0.5) is 4.79 Å². The highest BCUT2D eigenvalue weighted by molar-refractivity contribution is 5.86. The van der Waals surface area contributed by atoms with E-state index in [1.165, 1.54) is 0 Å². The average molecular weight is 275 g/mol. The molecule has 0 fully saturated rings. The Balaban J connectivity index is 2.37. The van der Waals surface area contributed by atoms with Crippen molar-refractivity contribution in [1.82, 2.24) is 5.32 Å². The molecule has 0 unspecified atom stereocenters. The fraction of sp³-hybridized carbons (Fsp3) is 0.333. The van der Waals surface area contributed by atoms with E-state index < -0.39 is 17.5 Å². The first-order chi connectivity index (χ1) is 9.39. The number of rotatable bonds is 4. The molecule has 106 valence electrons. The lowest BCUT2D eigenvalue weighted by molar-refractivity contribution is -0.130. The largest absolute Gasteiger partial charge is 0.472 e. The summed E-state index contributed by atoms with van der Waals surface area (Å²) in [6.07, 6.45) is -0.556. The Morgan fingerprint density at radius 1 is 1.30 bits per heavy atom. The van der Waals surface area contributed by atoms with Gasteiger partial charge in [-0.1, -0.05) is 36.3 Å². The highest BCUT2D eigenvalue weighted by Crippen LogP contribution is 2.11. The minimum Gasteiger partial charge on any atom is -0.472 e. The van der Waals surface area contributed by atoms with Crippen molar-refractivity contribution >= 4 is 12.1 Å². The molecule has 0 aliphatic rings. The Bertz CT molecular complexity index is 526. The van der Waals surface area contributed by atoms with Crippen LogP contribution in [0.2, 0.25) is 0 Å². The molecule has 5 nitrogen and oxygen atoms in total. The van der Waals surface area contributed by atoms with Crippen LogP contribution in [0, 0.1) is 17.3 Å². The Labute approximate surface area is 117 Å². The molecule has 1 aromatic rings. The van der Waals surface area contributed by atoms with E-state index in [0.29, 0.717) is 0 Å². The zero-order valence-corrected chi connectivity index (χ0v) is 11.5. The van der Waals surface area contributed by atoms with Gasteiger partial charge >= 0.3 is 12.1 Å². The first-order valence-corrected chi connectivity index (χ1v) is 6.10. The van der Waals surface area contributed by atoms with Gasteiger partial charge in [-0.15, -0.1) is 0 Å². The molecule has 0 aromatic heterocycles.